The molecule has 1 aliphatic rings. The quantitative estimate of drug-likeness (QED) is 0.571. The lowest BCUT2D eigenvalue weighted by Crippen LogP contribution is -2.38. The number of hydrogen-bond donors (Lipinski definition) is 2. The summed E-state index contributed by atoms with van der Waals surface area (Å²) in [5, 5.41) is 13.7. The molecule has 1 unspecified atom stereocenters. The first-order chi connectivity index (χ1) is 14.0. The summed E-state index contributed by atoms with van der Waals surface area (Å²) in [5.41, 5.74) is 1.14. The lowest BCUT2D eigenvalue weighted by atomic mass is 10.1. The van der Waals surface area contributed by atoms with E-state index in [1.807, 2.05) is 49.2 Å². The van der Waals surface area contributed by atoms with Crippen molar-refractivity contribution in [3.63, 3.8) is 0 Å². The highest BCUT2D eigenvalue weighted by atomic mass is 16.5. The van der Waals surface area contributed by atoms with Crippen molar-refractivity contribution in [2.24, 2.45) is 0 Å². The number of nitrogens with one attached hydrogen (secondary N) is 2. The fourth-order valence-electron chi connectivity index (χ4n) is 3.19. The maximum absolute atomic E-state index is 12.1. The molecule has 0 aliphatic carbocycles. The van der Waals surface area contributed by atoms with Crippen LogP contribution >= 0.6 is 0 Å². The standard InChI is InChI=1S/C20H28N6O3/c1-15(16-7-4-3-5-8-16)29-12-6-9-21-18(27)14-25(2)13-17-23-24-19-20(28)22-10-11-26(17)19/h3-5,7-8,15H,6,9-14H2,1-2H3,(H,21,27)(H,22,28). The van der Waals surface area contributed by atoms with E-state index in [4.69, 9.17) is 4.74 Å². The highest BCUT2D eigenvalue weighted by Crippen LogP contribution is 2.15. The molecular weight excluding hydrogens is 372 g/mol. The third kappa shape index (κ3) is 5.85. The van der Waals surface area contributed by atoms with Gasteiger partial charge in [-0.15, -0.1) is 10.2 Å². The number of ether oxygens (including phenoxy) is 1. The number of hydrogen-bond acceptors (Lipinski definition) is 6. The van der Waals surface area contributed by atoms with Crippen LogP contribution in [0.2, 0.25) is 0 Å². The lowest BCUT2D eigenvalue weighted by molar-refractivity contribution is -0.122. The predicted octanol–water partition coefficient (Wildman–Crippen LogP) is 0.737. The number of fused-ring (bicyclic) bond motifs is 1. The Labute approximate surface area is 170 Å². The summed E-state index contributed by atoms with van der Waals surface area (Å²) in [5.74, 6) is 0.751. The van der Waals surface area contributed by atoms with Gasteiger partial charge in [-0.1, -0.05) is 30.3 Å². The second-order valence-corrected chi connectivity index (χ2v) is 7.15. The van der Waals surface area contributed by atoms with Gasteiger partial charge >= 0.3 is 0 Å². The number of carbonyl (C=O) groups is 2. The van der Waals surface area contributed by atoms with Crippen LogP contribution in [0.15, 0.2) is 30.3 Å². The highest BCUT2D eigenvalue weighted by molar-refractivity contribution is 5.91. The van der Waals surface area contributed by atoms with E-state index in [-0.39, 0.29) is 24.5 Å². The molecule has 0 spiro atoms. The van der Waals surface area contributed by atoms with Gasteiger partial charge in [0.15, 0.2) is 0 Å². The van der Waals surface area contributed by atoms with Crippen molar-refractivity contribution in [1.29, 1.82) is 0 Å². The van der Waals surface area contributed by atoms with Gasteiger partial charge in [0.05, 0.1) is 19.2 Å². The van der Waals surface area contributed by atoms with E-state index >= 15 is 0 Å². The minimum absolute atomic E-state index is 0.0363. The largest absolute Gasteiger partial charge is 0.374 e. The van der Waals surface area contributed by atoms with E-state index in [1.54, 1.807) is 4.57 Å². The zero-order valence-corrected chi connectivity index (χ0v) is 16.9. The number of carbonyl (C=O) groups excluding carboxylic acids is 2. The first kappa shape index (κ1) is 20.9. The van der Waals surface area contributed by atoms with Crippen molar-refractivity contribution < 1.29 is 14.3 Å². The third-order valence-electron chi connectivity index (χ3n) is 4.76. The van der Waals surface area contributed by atoms with Crippen LogP contribution in [0.5, 0.6) is 0 Å². The second-order valence-electron chi connectivity index (χ2n) is 7.15. The fraction of sp³-hybridized carbons (Fsp3) is 0.500. The molecule has 9 heteroatoms. The first-order valence-corrected chi connectivity index (χ1v) is 9.86. The Kier molecular flexibility index (Phi) is 7.31. The maximum Gasteiger partial charge on any atom is 0.289 e. The second kappa shape index (κ2) is 10.1. The number of aromatic nitrogens is 3. The van der Waals surface area contributed by atoms with Crippen LogP contribution in [0, 0.1) is 0 Å². The molecular formula is C20H28N6O3. The van der Waals surface area contributed by atoms with Crippen LogP contribution in [0.3, 0.4) is 0 Å². The number of likely N-dealkylation sites (N-methyl/N-ethyl adjacent to an activating group) is 1. The van der Waals surface area contributed by atoms with Gasteiger partial charge in [0, 0.05) is 26.2 Å². The molecule has 29 heavy (non-hydrogen) atoms. The van der Waals surface area contributed by atoms with Gasteiger partial charge in [-0.2, -0.15) is 0 Å². The first-order valence-electron chi connectivity index (χ1n) is 9.86. The third-order valence-corrected chi connectivity index (χ3v) is 4.76. The molecule has 9 nitrogen and oxygen atoms in total. The van der Waals surface area contributed by atoms with E-state index in [2.05, 4.69) is 20.8 Å². The topological polar surface area (TPSA) is 101 Å². The van der Waals surface area contributed by atoms with Gasteiger partial charge in [-0.25, -0.2) is 0 Å². The summed E-state index contributed by atoms with van der Waals surface area (Å²) in [4.78, 5) is 25.7. The highest BCUT2D eigenvalue weighted by Gasteiger charge is 2.23. The number of nitrogens with zero attached hydrogens (tertiary/aromatic N) is 4. The molecule has 0 radical (unpaired) electrons. The molecule has 2 heterocycles. The number of amides is 2. The van der Waals surface area contributed by atoms with Crippen LogP contribution in [-0.2, 0) is 22.6 Å². The normalized spacial score (nSPS) is 14.4. The Hall–Kier alpha value is -2.78. The summed E-state index contributed by atoms with van der Waals surface area (Å²) in [6, 6.07) is 10.1. The molecule has 1 atom stereocenters. The molecule has 0 saturated carbocycles. The van der Waals surface area contributed by atoms with E-state index in [0.29, 0.717) is 44.4 Å². The van der Waals surface area contributed by atoms with E-state index in [1.165, 1.54) is 0 Å². The van der Waals surface area contributed by atoms with Crippen molar-refractivity contribution >= 4 is 11.8 Å². The van der Waals surface area contributed by atoms with Crippen LogP contribution < -0.4 is 10.6 Å². The van der Waals surface area contributed by atoms with E-state index in [9.17, 15) is 9.59 Å². The minimum Gasteiger partial charge on any atom is -0.374 e. The van der Waals surface area contributed by atoms with Gasteiger partial charge < -0.3 is 19.9 Å². The Balaban J connectivity index is 1.33. The smallest absolute Gasteiger partial charge is 0.289 e. The Morgan fingerprint density at radius 2 is 2.14 bits per heavy atom. The Morgan fingerprint density at radius 1 is 1.34 bits per heavy atom. The van der Waals surface area contributed by atoms with Crippen molar-refractivity contribution in [2.75, 3.05) is 33.3 Å². The maximum atomic E-state index is 12.1. The monoisotopic (exact) mass is 400 g/mol. The lowest BCUT2D eigenvalue weighted by Gasteiger charge is -2.19. The molecule has 156 valence electrons. The van der Waals surface area contributed by atoms with Crippen LogP contribution in [0.4, 0.5) is 0 Å². The van der Waals surface area contributed by atoms with E-state index < -0.39 is 0 Å². The van der Waals surface area contributed by atoms with Gasteiger partial charge in [0.25, 0.3) is 5.91 Å². The van der Waals surface area contributed by atoms with Gasteiger partial charge in [-0.3, -0.25) is 14.5 Å². The summed E-state index contributed by atoms with van der Waals surface area (Å²) < 4.78 is 7.61. The fourth-order valence-corrected chi connectivity index (χ4v) is 3.19. The molecule has 0 saturated heterocycles. The molecule has 2 amide bonds. The number of rotatable bonds is 10. The average molecular weight is 400 g/mol. The van der Waals surface area contributed by atoms with Gasteiger partial charge in [0.2, 0.25) is 11.7 Å². The molecule has 0 fully saturated rings. The summed E-state index contributed by atoms with van der Waals surface area (Å²) in [6.07, 6.45) is 0.786. The van der Waals surface area contributed by atoms with Crippen molar-refractivity contribution in [3.8, 4) is 0 Å². The van der Waals surface area contributed by atoms with Crippen LogP contribution in [0.25, 0.3) is 0 Å². The summed E-state index contributed by atoms with van der Waals surface area (Å²) in [6.45, 7) is 5.07. The summed E-state index contributed by atoms with van der Waals surface area (Å²) in [7, 11) is 1.84. The molecule has 1 aromatic carbocycles. The molecule has 1 aromatic heterocycles. The van der Waals surface area contributed by atoms with Crippen molar-refractivity contribution in [2.45, 2.75) is 32.5 Å². The van der Waals surface area contributed by atoms with Gasteiger partial charge in [0.1, 0.15) is 5.82 Å². The van der Waals surface area contributed by atoms with E-state index in [0.717, 1.165) is 12.0 Å². The molecule has 2 N–H and O–H groups in total. The zero-order valence-electron chi connectivity index (χ0n) is 16.9. The SMILES string of the molecule is CC(OCCCNC(=O)CN(C)Cc1nnc2n1CCNC2=O)c1ccccc1. The van der Waals surface area contributed by atoms with Gasteiger partial charge in [-0.05, 0) is 26.0 Å². The average Bonchev–Trinajstić information content (AvgIpc) is 3.12. The minimum atomic E-state index is -0.209. The molecule has 0 bridgehead atoms. The number of benzene rings is 1. The van der Waals surface area contributed by atoms with Crippen LogP contribution in [0.1, 0.15) is 41.5 Å². The predicted molar refractivity (Wildman–Crippen MR) is 107 cm³/mol. The van der Waals surface area contributed by atoms with Crippen LogP contribution in [-0.4, -0.2) is 64.8 Å². The van der Waals surface area contributed by atoms with Crippen molar-refractivity contribution in [3.05, 3.63) is 47.5 Å². The van der Waals surface area contributed by atoms with Crippen molar-refractivity contribution in [1.82, 2.24) is 30.3 Å². The molecule has 3 rings (SSSR count). The zero-order chi connectivity index (χ0) is 20.6. The summed E-state index contributed by atoms with van der Waals surface area (Å²) >= 11 is 0. The molecule has 2 aromatic rings. The Morgan fingerprint density at radius 3 is 2.93 bits per heavy atom. The molecule has 1 aliphatic heterocycles. The Bertz CT molecular complexity index is 823.